The standard InChI is InChI=1S/C26H35N5O2/c1-2-27-26(29-22-12-15-31(16-13-22)19-20-6-4-3-5-7-20)28-14-17-33-23-9-10-24-21(18-23)8-11-25(32)30-24/h3-7,9-10,18,22H,2,8,11-17,19H2,1H3,(H,30,32)(H2,27,28,29). The van der Waals surface area contributed by atoms with Crippen molar-refractivity contribution in [1.29, 1.82) is 0 Å². The Morgan fingerprint density at radius 1 is 1.15 bits per heavy atom. The molecule has 1 saturated heterocycles. The highest BCUT2D eigenvalue weighted by Gasteiger charge is 2.20. The van der Waals surface area contributed by atoms with E-state index in [1.165, 1.54) is 5.56 Å². The van der Waals surface area contributed by atoms with Crippen LogP contribution < -0.4 is 20.7 Å². The maximum Gasteiger partial charge on any atom is 0.224 e. The van der Waals surface area contributed by atoms with Gasteiger partial charge in [0.2, 0.25) is 5.91 Å². The van der Waals surface area contributed by atoms with Gasteiger partial charge < -0.3 is 20.7 Å². The van der Waals surface area contributed by atoms with Crippen LogP contribution in [0.15, 0.2) is 53.5 Å². The first-order chi connectivity index (χ1) is 16.2. The fraction of sp³-hybridized carbons (Fsp3) is 0.462. The van der Waals surface area contributed by atoms with Crippen molar-refractivity contribution in [2.45, 2.75) is 45.2 Å². The molecule has 0 radical (unpaired) electrons. The van der Waals surface area contributed by atoms with Crippen LogP contribution in [0.1, 0.15) is 37.3 Å². The molecule has 7 heteroatoms. The van der Waals surface area contributed by atoms with Crippen LogP contribution in [0, 0.1) is 0 Å². The molecule has 0 saturated carbocycles. The summed E-state index contributed by atoms with van der Waals surface area (Å²) < 4.78 is 5.91. The Morgan fingerprint density at radius 3 is 2.76 bits per heavy atom. The highest BCUT2D eigenvalue weighted by Crippen LogP contribution is 2.26. The molecule has 0 atom stereocenters. The molecule has 3 N–H and O–H groups in total. The minimum Gasteiger partial charge on any atom is -0.492 e. The summed E-state index contributed by atoms with van der Waals surface area (Å²) in [5.74, 6) is 1.76. The average molecular weight is 450 g/mol. The lowest BCUT2D eigenvalue weighted by Crippen LogP contribution is -2.48. The number of carbonyl (C=O) groups is 1. The first kappa shape index (κ1) is 23.1. The van der Waals surface area contributed by atoms with Crippen LogP contribution in [0.2, 0.25) is 0 Å². The number of aliphatic imine (C=N–C) groups is 1. The molecule has 2 aromatic rings. The summed E-state index contributed by atoms with van der Waals surface area (Å²) in [5.41, 5.74) is 3.40. The zero-order chi connectivity index (χ0) is 22.9. The van der Waals surface area contributed by atoms with Gasteiger partial charge in [-0.05, 0) is 55.5 Å². The summed E-state index contributed by atoms with van der Waals surface area (Å²) in [5, 5.41) is 9.86. The molecule has 176 valence electrons. The van der Waals surface area contributed by atoms with E-state index in [4.69, 9.17) is 9.73 Å². The number of guanidine groups is 1. The van der Waals surface area contributed by atoms with E-state index < -0.39 is 0 Å². The summed E-state index contributed by atoms with van der Waals surface area (Å²) in [6, 6.07) is 17.0. The maximum absolute atomic E-state index is 11.5. The number of fused-ring (bicyclic) bond motifs is 1. The molecule has 0 unspecified atom stereocenters. The molecular formula is C26H35N5O2. The zero-order valence-electron chi connectivity index (χ0n) is 19.5. The van der Waals surface area contributed by atoms with Crippen LogP contribution in [0.5, 0.6) is 5.75 Å². The number of piperidine rings is 1. The molecular weight excluding hydrogens is 414 g/mol. The average Bonchev–Trinajstić information content (AvgIpc) is 2.84. The van der Waals surface area contributed by atoms with Crippen LogP contribution in [-0.2, 0) is 17.8 Å². The Balaban J connectivity index is 1.21. The van der Waals surface area contributed by atoms with E-state index in [2.05, 4.69) is 58.1 Å². The van der Waals surface area contributed by atoms with Gasteiger partial charge in [-0.25, -0.2) is 4.99 Å². The van der Waals surface area contributed by atoms with Crippen molar-refractivity contribution in [3.63, 3.8) is 0 Å². The smallest absolute Gasteiger partial charge is 0.224 e. The van der Waals surface area contributed by atoms with Crippen molar-refractivity contribution >= 4 is 17.6 Å². The van der Waals surface area contributed by atoms with E-state index in [0.29, 0.717) is 25.6 Å². The number of ether oxygens (including phenoxy) is 1. The lowest BCUT2D eigenvalue weighted by molar-refractivity contribution is -0.116. The van der Waals surface area contributed by atoms with Crippen LogP contribution in [0.3, 0.4) is 0 Å². The lowest BCUT2D eigenvalue weighted by Gasteiger charge is -2.33. The number of hydrogen-bond donors (Lipinski definition) is 3. The van der Waals surface area contributed by atoms with E-state index in [9.17, 15) is 4.79 Å². The number of rotatable bonds is 8. The number of aryl methyl sites for hydroxylation is 1. The van der Waals surface area contributed by atoms with Gasteiger partial charge in [0.05, 0.1) is 6.54 Å². The normalized spacial score (nSPS) is 17.2. The highest BCUT2D eigenvalue weighted by atomic mass is 16.5. The molecule has 7 nitrogen and oxygen atoms in total. The minimum absolute atomic E-state index is 0.0795. The number of benzene rings is 2. The van der Waals surface area contributed by atoms with Crippen molar-refractivity contribution < 1.29 is 9.53 Å². The Morgan fingerprint density at radius 2 is 1.97 bits per heavy atom. The first-order valence-electron chi connectivity index (χ1n) is 12.1. The molecule has 0 aromatic heterocycles. The number of anilines is 1. The van der Waals surface area contributed by atoms with E-state index in [1.54, 1.807) is 0 Å². The van der Waals surface area contributed by atoms with E-state index >= 15 is 0 Å². The number of nitrogens with zero attached hydrogens (tertiary/aromatic N) is 2. The van der Waals surface area contributed by atoms with Crippen LogP contribution in [0.4, 0.5) is 5.69 Å². The third-order valence-corrected chi connectivity index (χ3v) is 6.12. The van der Waals surface area contributed by atoms with Crippen LogP contribution in [-0.4, -0.2) is 55.6 Å². The Hall–Kier alpha value is -3.06. The van der Waals surface area contributed by atoms with Crippen molar-refractivity contribution in [2.24, 2.45) is 4.99 Å². The summed E-state index contributed by atoms with van der Waals surface area (Å²) in [7, 11) is 0. The molecule has 2 heterocycles. The quantitative estimate of drug-likeness (QED) is 0.328. The minimum atomic E-state index is 0.0795. The number of amides is 1. The predicted octanol–water partition coefficient (Wildman–Crippen LogP) is 3.17. The van der Waals surface area contributed by atoms with Crippen molar-refractivity contribution in [3.8, 4) is 5.75 Å². The summed E-state index contributed by atoms with van der Waals surface area (Å²) in [6.45, 7) is 7.21. The second-order valence-electron chi connectivity index (χ2n) is 8.66. The Kier molecular flexibility index (Phi) is 8.19. The fourth-order valence-electron chi connectivity index (χ4n) is 4.36. The van der Waals surface area contributed by atoms with Crippen molar-refractivity contribution in [1.82, 2.24) is 15.5 Å². The molecule has 2 aliphatic heterocycles. The molecule has 0 spiro atoms. The zero-order valence-corrected chi connectivity index (χ0v) is 19.5. The van der Waals surface area contributed by atoms with Gasteiger partial charge in [-0.2, -0.15) is 0 Å². The van der Waals surface area contributed by atoms with Gasteiger partial charge in [-0.3, -0.25) is 9.69 Å². The fourth-order valence-corrected chi connectivity index (χ4v) is 4.36. The predicted molar refractivity (Wildman–Crippen MR) is 133 cm³/mol. The van der Waals surface area contributed by atoms with Gasteiger partial charge in [-0.1, -0.05) is 30.3 Å². The largest absolute Gasteiger partial charge is 0.492 e. The van der Waals surface area contributed by atoms with Gasteiger partial charge >= 0.3 is 0 Å². The number of nitrogens with one attached hydrogen (secondary N) is 3. The first-order valence-corrected chi connectivity index (χ1v) is 12.1. The molecule has 4 rings (SSSR count). The van der Waals surface area contributed by atoms with Crippen LogP contribution in [0.25, 0.3) is 0 Å². The van der Waals surface area contributed by atoms with Gasteiger partial charge in [0.15, 0.2) is 5.96 Å². The Labute approximate surface area is 196 Å². The summed E-state index contributed by atoms with van der Waals surface area (Å²) in [6.07, 6.45) is 3.51. The third kappa shape index (κ3) is 6.96. The Bertz CT molecular complexity index is 939. The van der Waals surface area contributed by atoms with Crippen molar-refractivity contribution in [3.05, 3.63) is 59.7 Å². The molecule has 1 amide bonds. The summed E-state index contributed by atoms with van der Waals surface area (Å²) in [4.78, 5) is 18.7. The maximum atomic E-state index is 11.5. The molecule has 2 aromatic carbocycles. The van der Waals surface area contributed by atoms with E-state index in [1.807, 2.05) is 18.2 Å². The molecule has 1 fully saturated rings. The van der Waals surface area contributed by atoms with E-state index in [0.717, 1.165) is 68.4 Å². The second kappa shape index (κ2) is 11.7. The van der Waals surface area contributed by atoms with Gasteiger partial charge in [0, 0.05) is 44.3 Å². The van der Waals surface area contributed by atoms with E-state index in [-0.39, 0.29) is 5.91 Å². The molecule has 0 bridgehead atoms. The monoisotopic (exact) mass is 449 g/mol. The number of likely N-dealkylation sites (tertiary alicyclic amines) is 1. The second-order valence-corrected chi connectivity index (χ2v) is 8.66. The number of carbonyl (C=O) groups excluding carboxylic acids is 1. The molecule has 0 aliphatic carbocycles. The highest BCUT2D eigenvalue weighted by molar-refractivity contribution is 5.94. The number of hydrogen-bond acceptors (Lipinski definition) is 4. The SMILES string of the molecule is CCNC(=NCCOc1ccc2c(c1)CCC(=O)N2)NC1CCN(Cc2ccccc2)CC1. The molecule has 33 heavy (non-hydrogen) atoms. The third-order valence-electron chi connectivity index (χ3n) is 6.12. The summed E-state index contributed by atoms with van der Waals surface area (Å²) >= 11 is 0. The lowest BCUT2D eigenvalue weighted by atomic mass is 10.0. The van der Waals surface area contributed by atoms with Gasteiger partial charge in [0.1, 0.15) is 12.4 Å². The van der Waals surface area contributed by atoms with Crippen molar-refractivity contribution in [2.75, 3.05) is 38.1 Å². The topological polar surface area (TPSA) is 78.0 Å². The molecule has 2 aliphatic rings. The van der Waals surface area contributed by atoms with Gasteiger partial charge in [0.25, 0.3) is 0 Å². The van der Waals surface area contributed by atoms with Crippen LogP contribution >= 0.6 is 0 Å². The van der Waals surface area contributed by atoms with Gasteiger partial charge in [-0.15, -0.1) is 0 Å².